The second kappa shape index (κ2) is 8.08. The monoisotopic (exact) mass is 230 g/mol. The quantitative estimate of drug-likeness (QED) is 0.600. The summed E-state index contributed by atoms with van der Waals surface area (Å²) in [4.78, 5) is 0. The van der Waals surface area contributed by atoms with E-state index in [-0.39, 0.29) is 5.41 Å². The second-order valence-corrected chi connectivity index (χ2v) is 5.34. The summed E-state index contributed by atoms with van der Waals surface area (Å²) in [5, 5.41) is 0. The van der Waals surface area contributed by atoms with Gasteiger partial charge in [0.05, 0.1) is 13.2 Å². The molecule has 0 aliphatic rings. The number of rotatable bonds is 9. The van der Waals surface area contributed by atoms with Crippen LogP contribution in [0.4, 0.5) is 0 Å². The number of hydrogen-bond donors (Lipinski definition) is 0. The fraction of sp³-hybridized carbons (Fsp3) is 1.00. The Kier molecular flexibility index (Phi) is 8.04. The molecule has 0 spiro atoms. The molecule has 16 heavy (non-hydrogen) atoms. The first-order valence-electron chi connectivity index (χ1n) is 6.54. The van der Waals surface area contributed by atoms with E-state index >= 15 is 0 Å². The van der Waals surface area contributed by atoms with Gasteiger partial charge in [0.25, 0.3) is 0 Å². The normalized spacial score (nSPS) is 12.8. The van der Waals surface area contributed by atoms with Gasteiger partial charge in [0.2, 0.25) is 0 Å². The van der Waals surface area contributed by atoms with Crippen molar-refractivity contribution in [2.24, 2.45) is 17.3 Å². The second-order valence-electron chi connectivity index (χ2n) is 5.34. The van der Waals surface area contributed by atoms with E-state index in [1.807, 2.05) is 0 Å². The van der Waals surface area contributed by atoms with Crippen molar-refractivity contribution in [3.8, 4) is 0 Å². The van der Waals surface area contributed by atoms with E-state index in [4.69, 9.17) is 9.47 Å². The zero-order valence-corrected chi connectivity index (χ0v) is 12.0. The Morgan fingerprint density at radius 1 is 0.938 bits per heavy atom. The molecule has 0 bridgehead atoms. The average molecular weight is 230 g/mol. The molecule has 0 fully saturated rings. The van der Waals surface area contributed by atoms with Crippen molar-refractivity contribution in [1.29, 1.82) is 0 Å². The van der Waals surface area contributed by atoms with Crippen LogP contribution < -0.4 is 0 Å². The molecule has 0 aromatic rings. The summed E-state index contributed by atoms with van der Waals surface area (Å²) in [5.41, 5.74) is 0.196. The first kappa shape index (κ1) is 15.9. The first-order valence-corrected chi connectivity index (χ1v) is 6.54. The summed E-state index contributed by atoms with van der Waals surface area (Å²) in [6.07, 6.45) is 3.59. The van der Waals surface area contributed by atoms with Crippen LogP contribution in [0.1, 0.15) is 47.0 Å². The van der Waals surface area contributed by atoms with Crippen molar-refractivity contribution in [3.05, 3.63) is 0 Å². The van der Waals surface area contributed by atoms with Gasteiger partial charge in [0.15, 0.2) is 0 Å². The molecule has 2 heteroatoms. The molecule has 0 aromatic carbocycles. The summed E-state index contributed by atoms with van der Waals surface area (Å²) in [7, 11) is 3.60. The van der Waals surface area contributed by atoms with E-state index in [0.29, 0.717) is 11.8 Å². The molecule has 0 aliphatic carbocycles. The van der Waals surface area contributed by atoms with Gasteiger partial charge >= 0.3 is 0 Å². The van der Waals surface area contributed by atoms with Gasteiger partial charge in [-0.2, -0.15) is 0 Å². The predicted molar refractivity (Wildman–Crippen MR) is 69.7 cm³/mol. The highest BCUT2D eigenvalue weighted by molar-refractivity contribution is 4.86. The third-order valence-corrected chi connectivity index (χ3v) is 3.53. The highest BCUT2D eigenvalue weighted by Gasteiger charge is 2.37. The summed E-state index contributed by atoms with van der Waals surface area (Å²) in [6.45, 7) is 10.7. The van der Waals surface area contributed by atoms with Gasteiger partial charge in [-0.05, 0) is 18.3 Å². The summed E-state index contributed by atoms with van der Waals surface area (Å²) in [5.74, 6) is 1.38. The Balaban J connectivity index is 4.88. The Morgan fingerprint density at radius 3 is 1.62 bits per heavy atom. The molecule has 0 atom stereocenters. The van der Waals surface area contributed by atoms with Gasteiger partial charge in [-0.15, -0.1) is 0 Å². The molecule has 0 N–H and O–H groups in total. The van der Waals surface area contributed by atoms with Crippen molar-refractivity contribution in [1.82, 2.24) is 0 Å². The van der Waals surface area contributed by atoms with E-state index in [9.17, 15) is 0 Å². The molecule has 0 saturated heterocycles. The van der Waals surface area contributed by atoms with Crippen LogP contribution in [0.3, 0.4) is 0 Å². The average Bonchev–Trinajstić information content (AvgIpc) is 2.19. The van der Waals surface area contributed by atoms with Crippen molar-refractivity contribution < 1.29 is 9.47 Å². The molecule has 0 amide bonds. The molecule has 0 heterocycles. The number of hydrogen-bond acceptors (Lipinski definition) is 2. The zero-order valence-electron chi connectivity index (χ0n) is 12.0. The molecule has 0 aliphatic heterocycles. The van der Waals surface area contributed by atoms with Gasteiger partial charge in [0, 0.05) is 19.6 Å². The summed E-state index contributed by atoms with van der Waals surface area (Å²) in [6, 6.07) is 0. The minimum absolute atomic E-state index is 0.196. The fourth-order valence-electron chi connectivity index (χ4n) is 3.10. The third kappa shape index (κ3) is 4.42. The molecule has 0 aromatic heterocycles. The standard InChI is InChI=1S/C14H30O2/c1-7-13(8-2)14(10-15-5,11-16-6)9-12(3)4/h12-13H,7-11H2,1-6H3. The largest absolute Gasteiger partial charge is 0.384 e. The van der Waals surface area contributed by atoms with Crippen LogP contribution >= 0.6 is 0 Å². The van der Waals surface area contributed by atoms with Crippen molar-refractivity contribution in [3.63, 3.8) is 0 Å². The Labute approximate surface area is 102 Å². The highest BCUT2D eigenvalue weighted by atomic mass is 16.5. The maximum absolute atomic E-state index is 5.47. The van der Waals surface area contributed by atoms with Crippen molar-refractivity contribution in [2.45, 2.75) is 47.0 Å². The zero-order chi connectivity index (χ0) is 12.6. The van der Waals surface area contributed by atoms with Gasteiger partial charge < -0.3 is 9.47 Å². The smallest absolute Gasteiger partial charge is 0.0543 e. The maximum Gasteiger partial charge on any atom is 0.0543 e. The lowest BCUT2D eigenvalue weighted by molar-refractivity contribution is -0.0456. The maximum atomic E-state index is 5.47. The SMILES string of the molecule is CCC(CC)C(COC)(COC)CC(C)C. The van der Waals surface area contributed by atoms with Crippen LogP contribution in [-0.4, -0.2) is 27.4 Å². The van der Waals surface area contributed by atoms with Crippen LogP contribution in [0.25, 0.3) is 0 Å². The summed E-state index contributed by atoms with van der Waals surface area (Å²) < 4.78 is 10.9. The third-order valence-electron chi connectivity index (χ3n) is 3.53. The minimum Gasteiger partial charge on any atom is -0.384 e. The highest BCUT2D eigenvalue weighted by Crippen LogP contribution is 2.39. The van der Waals surface area contributed by atoms with E-state index in [1.165, 1.54) is 19.3 Å². The molecule has 0 unspecified atom stereocenters. The Bertz CT molecular complexity index is 156. The van der Waals surface area contributed by atoms with E-state index in [2.05, 4.69) is 27.7 Å². The molecule has 0 radical (unpaired) electrons. The van der Waals surface area contributed by atoms with Gasteiger partial charge in [-0.1, -0.05) is 40.5 Å². The topological polar surface area (TPSA) is 18.5 Å². The van der Waals surface area contributed by atoms with Gasteiger partial charge in [-0.25, -0.2) is 0 Å². The molecular weight excluding hydrogens is 200 g/mol. The molecule has 98 valence electrons. The fourth-order valence-corrected chi connectivity index (χ4v) is 3.10. The summed E-state index contributed by atoms with van der Waals surface area (Å²) >= 11 is 0. The predicted octanol–water partition coefficient (Wildman–Crippen LogP) is 3.75. The molecule has 2 nitrogen and oxygen atoms in total. The first-order chi connectivity index (χ1) is 7.56. The number of methoxy groups -OCH3 is 2. The van der Waals surface area contributed by atoms with Crippen molar-refractivity contribution in [2.75, 3.05) is 27.4 Å². The molecular formula is C14H30O2. The minimum atomic E-state index is 0.196. The van der Waals surface area contributed by atoms with Gasteiger partial charge in [0.1, 0.15) is 0 Å². The Hall–Kier alpha value is -0.0800. The lowest BCUT2D eigenvalue weighted by atomic mass is 9.69. The molecule has 0 rings (SSSR count). The van der Waals surface area contributed by atoms with Crippen LogP contribution in [0.5, 0.6) is 0 Å². The lowest BCUT2D eigenvalue weighted by Crippen LogP contribution is -2.40. The van der Waals surface area contributed by atoms with E-state index in [0.717, 1.165) is 13.2 Å². The van der Waals surface area contributed by atoms with Crippen LogP contribution in [0.2, 0.25) is 0 Å². The number of ether oxygens (including phenoxy) is 2. The van der Waals surface area contributed by atoms with E-state index < -0.39 is 0 Å². The Morgan fingerprint density at radius 2 is 1.38 bits per heavy atom. The van der Waals surface area contributed by atoms with Crippen LogP contribution in [0, 0.1) is 17.3 Å². The van der Waals surface area contributed by atoms with Crippen LogP contribution in [0.15, 0.2) is 0 Å². The lowest BCUT2D eigenvalue weighted by Gasteiger charge is -2.40. The molecule has 0 saturated carbocycles. The van der Waals surface area contributed by atoms with Gasteiger partial charge in [-0.3, -0.25) is 0 Å². The van der Waals surface area contributed by atoms with E-state index in [1.54, 1.807) is 14.2 Å². The van der Waals surface area contributed by atoms with Crippen molar-refractivity contribution >= 4 is 0 Å². The van der Waals surface area contributed by atoms with Crippen LogP contribution in [-0.2, 0) is 9.47 Å².